The molecule has 0 saturated carbocycles. The molecule has 9 N–H and O–H groups in total. The fourth-order valence-corrected chi connectivity index (χ4v) is 3.57. The molecule has 1 fully saturated rings. The molecule has 13 nitrogen and oxygen atoms in total. The molecule has 0 aromatic heterocycles. The van der Waals surface area contributed by atoms with Gasteiger partial charge >= 0.3 is 5.97 Å². The smallest absolute Gasteiger partial charge is 0.326 e. The van der Waals surface area contributed by atoms with Crippen molar-refractivity contribution in [1.82, 2.24) is 15.5 Å². The molecule has 1 saturated heterocycles. The fraction of sp³-hybridized carbons (Fsp3) is 0.700. The van der Waals surface area contributed by atoms with Crippen LogP contribution in [-0.4, -0.2) is 76.2 Å². The molecule has 13 heteroatoms. The SMILES string of the molecule is CCC(C)C(NC(=O)C1CCCN1C(=O)C(CCC(N)=O)NC(=O)C(N)CC(N)=O)C(=O)O. The van der Waals surface area contributed by atoms with E-state index in [0.29, 0.717) is 19.3 Å². The number of hydrogen-bond acceptors (Lipinski definition) is 7. The van der Waals surface area contributed by atoms with E-state index in [1.807, 2.05) is 0 Å². The van der Waals surface area contributed by atoms with E-state index in [9.17, 15) is 33.9 Å². The summed E-state index contributed by atoms with van der Waals surface area (Å²) in [5.41, 5.74) is 15.8. The highest BCUT2D eigenvalue weighted by molar-refractivity contribution is 5.95. The average Bonchev–Trinajstić information content (AvgIpc) is 3.22. The number of rotatable bonds is 13. The minimum Gasteiger partial charge on any atom is -0.480 e. The second kappa shape index (κ2) is 12.7. The van der Waals surface area contributed by atoms with Gasteiger partial charge in [-0.05, 0) is 25.2 Å². The van der Waals surface area contributed by atoms with Crippen molar-refractivity contribution in [3.05, 3.63) is 0 Å². The number of carboxylic acids is 1. The molecular weight excluding hydrogens is 436 g/mol. The zero-order valence-electron chi connectivity index (χ0n) is 18.9. The van der Waals surface area contributed by atoms with Crippen LogP contribution in [0, 0.1) is 5.92 Å². The second-order valence-electron chi connectivity index (χ2n) is 8.24. The number of nitrogens with two attached hydrogens (primary N) is 3. The first-order chi connectivity index (χ1) is 15.4. The third-order valence-electron chi connectivity index (χ3n) is 5.67. The summed E-state index contributed by atoms with van der Waals surface area (Å²) in [5, 5.41) is 14.3. The number of carboxylic acid groups (broad SMARTS) is 1. The third kappa shape index (κ3) is 8.33. The molecule has 0 aromatic carbocycles. The average molecular weight is 471 g/mol. The van der Waals surface area contributed by atoms with Crippen LogP contribution in [0.1, 0.15) is 52.4 Å². The molecule has 5 amide bonds. The molecular formula is C20H34N6O7. The van der Waals surface area contributed by atoms with E-state index in [4.69, 9.17) is 17.2 Å². The molecule has 1 heterocycles. The molecule has 1 aliphatic rings. The van der Waals surface area contributed by atoms with Gasteiger partial charge in [0.2, 0.25) is 29.5 Å². The Morgan fingerprint density at radius 1 is 1.09 bits per heavy atom. The molecule has 0 bridgehead atoms. The molecule has 0 aromatic rings. The van der Waals surface area contributed by atoms with Crippen LogP contribution in [0.4, 0.5) is 0 Å². The fourth-order valence-electron chi connectivity index (χ4n) is 3.57. The molecule has 1 aliphatic heterocycles. The van der Waals surface area contributed by atoms with Crippen molar-refractivity contribution in [2.24, 2.45) is 23.1 Å². The summed E-state index contributed by atoms with van der Waals surface area (Å²) in [6.07, 6.45) is 0.520. The Morgan fingerprint density at radius 2 is 1.73 bits per heavy atom. The van der Waals surface area contributed by atoms with Gasteiger partial charge in [0.15, 0.2) is 0 Å². The number of amides is 5. The van der Waals surface area contributed by atoms with Gasteiger partial charge in [0.1, 0.15) is 18.1 Å². The van der Waals surface area contributed by atoms with Gasteiger partial charge in [-0.2, -0.15) is 0 Å². The minimum atomic E-state index is -1.30. The van der Waals surface area contributed by atoms with Gasteiger partial charge < -0.3 is 37.8 Å². The Balaban J connectivity index is 3.00. The van der Waals surface area contributed by atoms with Crippen LogP contribution in [0.5, 0.6) is 0 Å². The second-order valence-corrected chi connectivity index (χ2v) is 8.24. The number of nitrogens with one attached hydrogen (secondary N) is 2. The molecule has 1 rings (SSSR count). The lowest BCUT2D eigenvalue weighted by Crippen LogP contribution is -2.57. The first kappa shape index (κ1) is 27.8. The van der Waals surface area contributed by atoms with Crippen LogP contribution in [0.3, 0.4) is 0 Å². The van der Waals surface area contributed by atoms with E-state index < -0.39 is 66.1 Å². The van der Waals surface area contributed by atoms with Crippen molar-refractivity contribution < 1.29 is 33.9 Å². The highest BCUT2D eigenvalue weighted by atomic mass is 16.4. The van der Waals surface area contributed by atoms with Gasteiger partial charge in [0.05, 0.1) is 12.5 Å². The van der Waals surface area contributed by atoms with Crippen molar-refractivity contribution in [3.63, 3.8) is 0 Å². The standard InChI is InChI=1S/C20H34N6O7/c1-3-10(2)16(20(32)33)25-18(30)13-5-4-8-26(13)19(31)12(6-7-14(22)27)24-17(29)11(21)9-15(23)28/h10-13,16H,3-9,21H2,1-2H3,(H2,22,27)(H2,23,28)(H,24,29)(H,25,30)(H,32,33). The summed E-state index contributed by atoms with van der Waals surface area (Å²) in [6, 6.07) is -4.56. The number of nitrogens with zero attached hydrogens (tertiary/aromatic N) is 1. The van der Waals surface area contributed by atoms with Crippen LogP contribution in [0.15, 0.2) is 0 Å². The van der Waals surface area contributed by atoms with Crippen molar-refractivity contribution in [2.45, 2.75) is 76.5 Å². The maximum atomic E-state index is 13.2. The summed E-state index contributed by atoms with van der Waals surface area (Å²) in [4.78, 5) is 73.4. The Hall–Kier alpha value is -3.22. The first-order valence-electron chi connectivity index (χ1n) is 10.8. The molecule has 186 valence electrons. The van der Waals surface area contributed by atoms with Gasteiger partial charge in [-0.3, -0.25) is 24.0 Å². The molecule has 0 spiro atoms. The van der Waals surface area contributed by atoms with Crippen LogP contribution in [-0.2, 0) is 28.8 Å². The lowest BCUT2D eigenvalue weighted by Gasteiger charge is -2.30. The topological polar surface area (TPSA) is 228 Å². The predicted octanol–water partition coefficient (Wildman–Crippen LogP) is -2.45. The van der Waals surface area contributed by atoms with E-state index in [0.717, 1.165) is 0 Å². The molecule has 5 unspecified atom stereocenters. The van der Waals surface area contributed by atoms with Crippen LogP contribution in [0.2, 0.25) is 0 Å². The lowest BCUT2D eigenvalue weighted by atomic mass is 9.98. The number of hydrogen-bond donors (Lipinski definition) is 6. The number of primary amides is 2. The summed E-state index contributed by atoms with van der Waals surface area (Å²) in [5.74, 6) is -5.07. The lowest BCUT2D eigenvalue weighted by molar-refractivity contribution is -0.146. The molecule has 0 aliphatic carbocycles. The predicted molar refractivity (Wildman–Crippen MR) is 116 cm³/mol. The highest BCUT2D eigenvalue weighted by Gasteiger charge is 2.39. The number of carbonyl (C=O) groups is 6. The van der Waals surface area contributed by atoms with Crippen LogP contribution in [0.25, 0.3) is 0 Å². The van der Waals surface area contributed by atoms with Gasteiger partial charge in [0.25, 0.3) is 0 Å². The third-order valence-corrected chi connectivity index (χ3v) is 5.67. The Morgan fingerprint density at radius 3 is 2.24 bits per heavy atom. The van der Waals surface area contributed by atoms with E-state index in [1.165, 1.54) is 4.90 Å². The largest absolute Gasteiger partial charge is 0.480 e. The Kier molecular flexibility index (Phi) is 10.7. The molecule has 33 heavy (non-hydrogen) atoms. The molecule has 5 atom stereocenters. The van der Waals surface area contributed by atoms with Crippen molar-refractivity contribution in [3.8, 4) is 0 Å². The van der Waals surface area contributed by atoms with E-state index in [2.05, 4.69) is 10.6 Å². The monoisotopic (exact) mass is 470 g/mol. The Bertz CT molecular complexity index is 774. The summed E-state index contributed by atoms with van der Waals surface area (Å²) >= 11 is 0. The Labute approximate surface area is 191 Å². The number of carbonyl (C=O) groups excluding carboxylic acids is 5. The van der Waals surface area contributed by atoms with Crippen LogP contribution < -0.4 is 27.8 Å². The van der Waals surface area contributed by atoms with E-state index >= 15 is 0 Å². The number of aliphatic carboxylic acids is 1. The summed E-state index contributed by atoms with van der Waals surface area (Å²) in [6.45, 7) is 3.70. The summed E-state index contributed by atoms with van der Waals surface area (Å²) < 4.78 is 0. The van der Waals surface area contributed by atoms with Crippen molar-refractivity contribution in [2.75, 3.05) is 6.54 Å². The van der Waals surface area contributed by atoms with Crippen LogP contribution >= 0.6 is 0 Å². The summed E-state index contributed by atoms with van der Waals surface area (Å²) in [7, 11) is 0. The van der Waals surface area contributed by atoms with E-state index in [-0.39, 0.29) is 25.3 Å². The van der Waals surface area contributed by atoms with Crippen molar-refractivity contribution in [1.29, 1.82) is 0 Å². The normalized spacial score (nSPS) is 19.1. The quantitative estimate of drug-likeness (QED) is 0.169. The van der Waals surface area contributed by atoms with Crippen molar-refractivity contribution >= 4 is 35.5 Å². The zero-order valence-corrected chi connectivity index (χ0v) is 18.9. The van der Waals surface area contributed by atoms with Gasteiger partial charge in [-0.25, -0.2) is 4.79 Å². The highest BCUT2D eigenvalue weighted by Crippen LogP contribution is 2.21. The minimum absolute atomic E-state index is 0.140. The first-order valence-corrected chi connectivity index (χ1v) is 10.8. The maximum absolute atomic E-state index is 13.2. The van der Waals surface area contributed by atoms with Gasteiger partial charge in [-0.15, -0.1) is 0 Å². The van der Waals surface area contributed by atoms with E-state index in [1.54, 1.807) is 13.8 Å². The van der Waals surface area contributed by atoms with Gasteiger partial charge in [0, 0.05) is 13.0 Å². The maximum Gasteiger partial charge on any atom is 0.326 e. The number of likely N-dealkylation sites (tertiary alicyclic amines) is 1. The zero-order chi connectivity index (χ0) is 25.3. The van der Waals surface area contributed by atoms with Gasteiger partial charge in [-0.1, -0.05) is 20.3 Å². The molecule has 0 radical (unpaired) electrons.